The van der Waals surface area contributed by atoms with Crippen LogP contribution in [0, 0.1) is 0 Å². The third-order valence-corrected chi connectivity index (χ3v) is 4.65. The summed E-state index contributed by atoms with van der Waals surface area (Å²) >= 11 is 1.66. The zero-order valence-corrected chi connectivity index (χ0v) is 12.5. The third-order valence-electron chi connectivity index (χ3n) is 3.60. The van der Waals surface area contributed by atoms with Gasteiger partial charge in [-0.1, -0.05) is 0 Å². The lowest BCUT2D eigenvalue weighted by atomic mass is 10.2. The summed E-state index contributed by atoms with van der Waals surface area (Å²) in [6.07, 6.45) is 0. The van der Waals surface area contributed by atoms with E-state index >= 15 is 0 Å². The van der Waals surface area contributed by atoms with Gasteiger partial charge in [0.25, 0.3) is 0 Å². The number of rotatable bonds is 1. The van der Waals surface area contributed by atoms with Crippen LogP contribution in [0.4, 0.5) is 0 Å². The van der Waals surface area contributed by atoms with Gasteiger partial charge < -0.3 is 13.9 Å². The lowest BCUT2D eigenvalue weighted by Gasteiger charge is -2.11. The van der Waals surface area contributed by atoms with Gasteiger partial charge in [0.2, 0.25) is 0 Å². The molecule has 0 radical (unpaired) electrons. The van der Waals surface area contributed by atoms with Crippen molar-refractivity contribution in [2.75, 3.05) is 33.4 Å². The van der Waals surface area contributed by atoms with Crippen molar-refractivity contribution < 1.29 is 13.9 Å². The van der Waals surface area contributed by atoms with Crippen LogP contribution in [0.25, 0.3) is 21.7 Å². The van der Waals surface area contributed by atoms with Crippen molar-refractivity contribution in [2.45, 2.75) is 0 Å². The van der Waals surface area contributed by atoms with Gasteiger partial charge in [0.1, 0.15) is 29.3 Å². The SMILES string of the molecule is COc1ccc2cc3sc(=[N+]4CCOCC4)nc-3oc2c1. The van der Waals surface area contributed by atoms with E-state index in [1.807, 2.05) is 18.2 Å². The Morgan fingerprint density at radius 3 is 2.90 bits per heavy atom. The van der Waals surface area contributed by atoms with Gasteiger partial charge in [0.15, 0.2) is 0 Å². The lowest BCUT2D eigenvalue weighted by Crippen LogP contribution is -2.39. The number of ether oxygens (including phenoxy) is 2. The van der Waals surface area contributed by atoms with Gasteiger partial charge in [-0.2, -0.15) is 0 Å². The molecule has 0 N–H and O–H groups in total. The number of morpholine rings is 1. The van der Waals surface area contributed by atoms with Crippen molar-refractivity contribution in [2.24, 2.45) is 0 Å². The minimum absolute atomic E-state index is 0.683. The van der Waals surface area contributed by atoms with Gasteiger partial charge in [0, 0.05) is 16.4 Å². The highest BCUT2D eigenvalue weighted by molar-refractivity contribution is 7.12. The van der Waals surface area contributed by atoms with Crippen molar-refractivity contribution in [3.63, 3.8) is 0 Å². The van der Waals surface area contributed by atoms with E-state index in [1.165, 1.54) is 0 Å². The van der Waals surface area contributed by atoms with E-state index in [0.29, 0.717) is 5.89 Å². The molecule has 0 bridgehead atoms. The second-order valence-corrected chi connectivity index (χ2v) is 5.92. The summed E-state index contributed by atoms with van der Waals surface area (Å²) in [6, 6.07) is 7.95. The van der Waals surface area contributed by atoms with Gasteiger partial charge in [-0.25, -0.2) is 4.58 Å². The van der Waals surface area contributed by atoms with Gasteiger partial charge in [-0.05, 0) is 29.5 Å². The molecule has 0 unspecified atom stereocenters. The molecular weight excluding hydrogens is 288 g/mol. The average Bonchev–Trinajstić information content (AvgIpc) is 2.95. The van der Waals surface area contributed by atoms with Crippen LogP contribution in [0.2, 0.25) is 0 Å². The number of hydrogen-bond acceptors (Lipinski definition) is 5. The van der Waals surface area contributed by atoms with Crippen LogP contribution in [-0.2, 0) is 4.74 Å². The Kier molecular flexibility index (Phi) is 3.12. The maximum atomic E-state index is 5.92. The van der Waals surface area contributed by atoms with E-state index in [2.05, 4.69) is 15.6 Å². The molecule has 4 rings (SSSR count). The summed E-state index contributed by atoms with van der Waals surface area (Å²) in [6.45, 7) is 3.28. The molecule has 3 aliphatic heterocycles. The van der Waals surface area contributed by atoms with Crippen molar-refractivity contribution in [3.8, 4) is 16.5 Å². The van der Waals surface area contributed by atoms with Crippen LogP contribution in [0.1, 0.15) is 0 Å². The van der Waals surface area contributed by atoms with E-state index in [4.69, 9.17) is 13.9 Å². The molecule has 3 heterocycles. The first-order valence-corrected chi connectivity index (χ1v) is 7.69. The number of hydrogen-bond donors (Lipinski definition) is 0. The maximum absolute atomic E-state index is 5.92. The van der Waals surface area contributed by atoms with Crippen LogP contribution in [0.3, 0.4) is 0 Å². The summed E-state index contributed by atoms with van der Waals surface area (Å²) in [7, 11) is 1.65. The molecule has 0 aliphatic carbocycles. The molecule has 1 aromatic rings. The second-order valence-electron chi connectivity index (χ2n) is 4.92. The molecule has 0 amide bonds. The number of thiazole rings is 1. The molecule has 5 nitrogen and oxygen atoms in total. The standard InChI is InChI=1S/C15H15N2O3S/c1-18-11-3-2-10-8-13-14(20-12(10)9-11)16-15(21-13)17-4-6-19-7-5-17/h2-3,8-9H,4-7H2,1H3/q+1. The maximum Gasteiger partial charge on any atom is 0.382 e. The Balaban J connectivity index is 1.91. The Morgan fingerprint density at radius 2 is 2.10 bits per heavy atom. The first kappa shape index (κ1) is 12.8. The molecule has 0 atom stereocenters. The molecule has 1 aromatic carbocycles. The highest BCUT2D eigenvalue weighted by Gasteiger charge is 2.22. The van der Waals surface area contributed by atoms with E-state index in [-0.39, 0.29) is 0 Å². The minimum Gasteiger partial charge on any atom is -0.497 e. The highest BCUT2D eigenvalue weighted by atomic mass is 32.1. The van der Waals surface area contributed by atoms with Crippen molar-refractivity contribution in [3.05, 3.63) is 29.1 Å². The topological polar surface area (TPSA) is 47.5 Å². The normalized spacial score (nSPS) is 15.8. The fourth-order valence-corrected chi connectivity index (χ4v) is 3.45. The Morgan fingerprint density at radius 1 is 1.24 bits per heavy atom. The van der Waals surface area contributed by atoms with E-state index in [9.17, 15) is 0 Å². The Labute approximate surface area is 125 Å². The zero-order chi connectivity index (χ0) is 14.2. The highest BCUT2D eigenvalue weighted by Crippen LogP contribution is 2.30. The minimum atomic E-state index is 0.683. The van der Waals surface area contributed by atoms with E-state index < -0.39 is 0 Å². The molecule has 0 spiro atoms. The van der Waals surface area contributed by atoms with Crippen LogP contribution in [-0.4, -0.2) is 38.4 Å². The van der Waals surface area contributed by atoms with Crippen molar-refractivity contribution in [1.29, 1.82) is 0 Å². The van der Waals surface area contributed by atoms with Crippen LogP contribution in [0.5, 0.6) is 5.75 Å². The molecule has 0 saturated carbocycles. The van der Waals surface area contributed by atoms with Crippen LogP contribution >= 0.6 is 11.3 Å². The summed E-state index contributed by atoms with van der Waals surface area (Å²) in [5.74, 6) is 1.47. The van der Waals surface area contributed by atoms with E-state index in [0.717, 1.165) is 52.7 Å². The number of aromatic nitrogens is 1. The number of fused-ring (bicyclic) bond motifs is 2. The van der Waals surface area contributed by atoms with Gasteiger partial charge in [-0.3, -0.25) is 0 Å². The predicted octanol–water partition coefficient (Wildman–Crippen LogP) is 1.81. The van der Waals surface area contributed by atoms with Gasteiger partial charge in [0.05, 0.1) is 20.3 Å². The monoisotopic (exact) mass is 303 g/mol. The van der Waals surface area contributed by atoms with Gasteiger partial charge in [-0.15, -0.1) is 0 Å². The quantitative estimate of drug-likeness (QED) is 0.643. The van der Waals surface area contributed by atoms with Crippen molar-refractivity contribution >= 4 is 22.3 Å². The summed E-state index contributed by atoms with van der Waals surface area (Å²) in [5, 5.41) is 1.06. The molecule has 1 saturated heterocycles. The molecule has 1 fully saturated rings. The number of benzene rings is 1. The first-order chi connectivity index (χ1) is 10.3. The van der Waals surface area contributed by atoms with Gasteiger partial charge >= 0.3 is 10.7 Å². The summed E-state index contributed by atoms with van der Waals surface area (Å²) in [4.78, 5) is 6.69. The van der Waals surface area contributed by atoms with E-state index in [1.54, 1.807) is 18.4 Å². The molecule has 6 heteroatoms. The third kappa shape index (κ3) is 2.30. The number of methoxy groups -OCH3 is 1. The second kappa shape index (κ2) is 5.13. The molecular formula is C15H15N2O3S+. The largest absolute Gasteiger partial charge is 0.497 e. The fourth-order valence-electron chi connectivity index (χ4n) is 2.46. The fraction of sp³-hybridized carbons (Fsp3) is 0.333. The lowest BCUT2D eigenvalue weighted by molar-refractivity contribution is 0.0965. The molecule has 3 aliphatic rings. The van der Waals surface area contributed by atoms with Crippen molar-refractivity contribution in [1.82, 2.24) is 9.56 Å². The Bertz CT molecular complexity index is 828. The summed E-state index contributed by atoms with van der Waals surface area (Å²) in [5.41, 5.74) is 0.792. The number of nitrogens with zero attached hydrogens (tertiary/aromatic N) is 2. The Hall–Kier alpha value is -1.92. The summed E-state index contributed by atoms with van der Waals surface area (Å²) < 4.78 is 18.8. The molecule has 0 aromatic heterocycles. The predicted molar refractivity (Wildman–Crippen MR) is 80.9 cm³/mol. The molecule has 108 valence electrons. The smallest absolute Gasteiger partial charge is 0.382 e. The average molecular weight is 303 g/mol. The molecule has 21 heavy (non-hydrogen) atoms. The zero-order valence-electron chi connectivity index (χ0n) is 11.7. The first-order valence-electron chi connectivity index (χ1n) is 6.87. The van der Waals surface area contributed by atoms with Crippen LogP contribution < -0.4 is 14.1 Å². The van der Waals surface area contributed by atoms with Crippen LogP contribution in [0.15, 0.2) is 28.7 Å².